The first-order chi connectivity index (χ1) is 11.5. The van der Waals surface area contributed by atoms with Crippen LogP contribution in [0.1, 0.15) is 0 Å². The van der Waals surface area contributed by atoms with Crippen molar-refractivity contribution in [2.24, 2.45) is 10.7 Å². The number of benzene rings is 1. The van der Waals surface area contributed by atoms with Gasteiger partial charge in [-0.1, -0.05) is 0 Å². The highest BCUT2D eigenvalue weighted by Crippen LogP contribution is 2.22. The Morgan fingerprint density at radius 3 is 2.17 bits per heavy atom. The monoisotopic (exact) mass is 317 g/mol. The van der Waals surface area contributed by atoms with E-state index in [1.165, 1.54) is 12.2 Å². The Morgan fingerprint density at radius 2 is 1.50 bits per heavy atom. The summed E-state index contributed by atoms with van der Waals surface area (Å²) >= 11 is 0. The molecule has 0 radical (unpaired) electrons. The van der Waals surface area contributed by atoms with Gasteiger partial charge in [-0.25, -0.2) is 4.99 Å². The maximum Gasteiger partial charge on any atom is 0.129 e. The number of nitrogens with zero attached hydrogens (tertiary/aromatic N) is 1. The smallest absolute Gasteiger partial charge is 0.129 e. The minimum atomic E-state index is 0.120. The van der Waals surface area contributed by atoms with Crippen molar-refractivity contribution in [1.29, 1.82) is 16.2 Å². The molecular weight excluding hydrogens is 302 g/mol. The molecule has 0 saturated carbocycles. The summed E-state index contributed by atoms with van der Waals surface area (Å²) < 4.78 is 5.66. The van der Waals surface area contributed by atoms with Crippen molar-refractivity contribution < 1.29 is 4.74 Å². The van der Waals surface area contributed by atoms with E-state index in [1.807, 2.05) is 0 Å². The highest BCUT2D eigenvalue weighted by Gasteiger charge is 2.09. The minimum absolute atomic E-state index is 0.120. The fraction of sp³-hybridized carbons (Fsp3) is 0. The number of aliphatic imine (C=N–C) groups is 1. The van der Waals surface area contributed by atoms with Crippen molar-refractivity contribution in [2.75, 3.05) is 0 Å². The molecule has 0 atom stereocenters. The predicted molar refractivity (Wildman–Crippen MR) is 96.0 cm³/mol. The van der Waals surface area contributed by atoms with E-state index < -0.39 is 0 Å². The summed E-state index contributed by atoms with van der Waals surface area (Å²) in [5, 5.41) is 22.6. The Labute approximate surface area is 138 Å². The molecule has 0 saturated heterocycles. The van der Waals surface area contributed by atoms with Crippen LogP contribution in [-0.4, -0.2) is 22.8 Å². The van der Waals surface area contributed by atoms with E-state index in [9.17, 15) is 0 Å². The first-order valence-corrected chi connectivity index (χ1v) is 7.19. The van der Waals surface area contributed by atoms with Crippen LogP contribution in [0.2, 0.25) is 0 Å². The summed E-state index contributed by atoms with van der Waals surface area (Å²) in [6.45, 7) is 0. The molecule has 1 aromatic rings. The van der Waals surface area contributed by atoms with E-state index in [2.05, 4.69) is 4.99 Å². The lowest BCUT2D eigenvalue weighted by atomic mass is 10.1. The third-order valence-corrected chi connectivity index (χ3v) is 3.36. The van der Waals surface area contributed by atoms with Crippen LogP contribution in [-0.2, 0) is 0 Å². The number of nitrogens with two attached hydrogens (primary N) is 1. The average molecular weight is 317 g/mol. The molecule has 0 heterocycles. The molecule has 1 aromatic carbocycles. The third kappa shape index (κ3) is 3.44. The van der Waals surface area contributed by atoms with Crippen LogP contribution in [0.25, 0.3) is 0 Å². The van der Waals surface area contributed by atoms with Crippen molar-refractivity contribution in [3.8, 4) is 5.75 Å². The molecule has 118 valence electrons. The highest BCUT2D eigenvalue weighted by atomic mass is 16.5. The molecule has 0 fully saturated rings. The number of rotatable bonds is 3. The standard InChI is InChI=1S/C18H15N5O/c19-15-7-3-12(9-17(15)21)23-11-1-4-13(5-2-11)24-14-6-8-16(20)18(22)10-14/h1-10,19-20,22H,21H2. The highest BCUT2D eigenvalue weighted by molar-refractivity contribution is 6.49. The SMILES string of the molecule is N=C1C=CC(Oc2ccc(N=C3C=CC(=N)C(N)=C3)cc2)=CC1=N. The zero-order valence-electron chi connectivity index (χ0n) is 12.7. The number of hydrogen-bond donors (Lipinski definition) is 4. The lowest BCUT2D eigenvalue weighted by Crippen LogP contribution is -2.13. The fourth-order valence-corrected chi connectivity index (χ4v) is 2.08. The fourth-order valence-electron chi connectivity index (χ4n) is 2.08. The summed E-state index contributed by atoms with van der Waals surface area (Å²) in [4.78, 5) is 4.44. The normalized spacial score (nSPS) is 18.7. The maximum atomic E-state index is 7.61. The van der Waals surface area contributed by atoms with Gasteiger partial charge >= 0.3 is 0 Å². The first-order valence-electron chi connectivity index (χ1n) is 7.19. The minimum Gasteiger partial charge on any atom is -0.457 e. The van der Waals surface area contributed by atoms with Gasteiger partial charge in [0.05, 0.1) is 34.2 Å². The zero-order chi connectivity index (χ0) is 17.1. The van der Waals surface area contributed by atoms with Gasteiger partial charge in [-0.15, -0.1) is 0 Å². The van der Waals surface area contributed by atoms with E-state index in [4.69, 9.17) is 26.7 Å². The van der Waals surface area contributed by atoms with E-state index in [1.54, 1.807) is 48.6 Å². The average Bonchev–Trinajstić information content (AvgIpc) is 2.56. The van der Waals surface area contributed by atoms with Crippen LogP contribution in [0.5, 0.6) is 5.75 Å². The van der Waals surface area contributed by atoms with Gasteiger partial charge in [0.1, 0.15) is 11.5 Å². The zero-order valence-corrected chi connectivity index (χ0v) is 12.7. The van der Waals surface area contributed by atoms with Gasteiger partial charge in [-0.3, -0.25) is 16.2 Å². The molecule has 0 bridgehead atoms. The molecule has 0 aromatic heterocycles. The third-order valence-electron chi connectivity index (χ3n) is 3.36. The Morgan fingerprint density at radius 1 is 0.792 bits per heavy atom. The van der Waals surface area contributed by atoms with Gasteiger partial charge < -0.3 is 10.5 Å². The van der Waals surface area contributed by atoms with Gasteiger partial charge in [0.25, 0.3) is 0 Å². The van der Waals surface area contributed by atoms with Crippen LogP contribution in [0.15, 0.2) is 77.2 Å². The molecule has 0 unspecified atom stereocenters. The molecule has 5 N–H and O–H groups in total. The van der Waals surface area contributed by atoms with Crippen LogP contribution in [0.3, 0.4) is 0 Å². The molecule has 2 aliphatic rings. The summed E-state index contributed by atoms with van der Waals surface area (Å²) in [6.07, 6.45) is 9.70. The Balaban J connectivity index is 1.73. The van der Waals surface area contributed by atoms with Gasteiger partial charge in [0.15, 0.2) is 0 Å². The number of nitrogens with one attached hydrogen (secondary N) is 3. The van der Waals surface area contributed by atoms with Crippen molar-refractivity contribution in [2.45, 2.75) is 0 Å². The Bertz CT molecular complexity index is 882. The molecule has 6 nitrogen and oxygen atoms in total. The van der Waals surface area contributed by atoms with Crippen molar-refractivity contribution in [3.63, 3.8) is 0 Å². The molecule has 0 spiro atoms. The molecule has 3 rings (SSSR count). The molecule has 0 amide bonds. The summed E-state index contributed by atoms with van der Waals surface area (Å²) in [6, 6.07) is 7.17. The van der Waals surface area contributed by atoms with Crippen LogP contribution >= 0.6 is 0 Å². The topological polar surface area (TPSA) is 119 Å². The second-order valence-electron chi connectivity index (χ2n) is 5.19. The van der Waals surface area contributed by atoms with Crippen LogP contribution in [0.4, 0.5) is 5.69 Å². The van der Waals surface area contributed by atoms with Gasteiger partial charge in [-0.2, -0.15) is 0 Å². The number of allylic oxidation sites excluding steroid dienone is 6. The van der Waals surface area contributed by atoms with Gasteiger partial charge in [0, 0.05) is 6.08 Å². The van der Waals surface area contributed by atoms with E-state index in [0.717, 1.165) is 5.69 Å². The molecular formula is C18H15N5O. The van der Waals surface area contributed by atoms with E-state index in [0.29, 0.717) is 22.9 Å². The van der Waals surface area contributed by atoms with E-state index in [-0.39, 0.29) is 17.1 Å². The van der Waals surface area contributed by atoms with Crippen molar-refractivity contribution >= 4 is 28.5 Å². The Hall–Kier alpha value is -3.54. The van der Waals surface area contributed by atoms with Gasteiger partial charge in [0.2, 0.25) is 0 Å². The van der Waals surface area contributed by atoms with Crippen LogP contribution < -0.4 is 10.5 Å². The van der Waals surface area contributed by atoms with Crippen molar-refractivity contribution in [3.05, 3.63) is 72.2 Å². The lowest BCUT2D eigenvalue weighted by molar-refractivity contribution is 0.445. The lowest BCUT2D eigenvalue weighted by Gasteiger charge is -2.10. The molecule has 2 aliphatic carbocycles. The summed E-state index contributed by atoms with van der Waals surface area (Å²) in [5.41, 5.74) is 8.08. The van der Waals surface area contributed by atoms with Crippen molar-refractivity contribution in [1.82, 2.24) is 0 Å². The van der Waals surface area contributed by atoms with Gasteiger partial charge in [-0.05, 0) is 54.6 Å². The predicted octanol–water partition coefficient (Wildman–Crippen LogP) is 3.06. The van der Waals surface area contributed by atoms with E-state index >= 15 is 0 Å². The first kappa shape index (κ1) is 15.4. The molecule has 0 aliphatic heterocycles. The largest absolute Gasteiger partial charge is 0.457 e. The molecule has 24 heavy (non-hydrogen) atoms. The number of hydrogen-bond acceptors (Lipinski definition) is 6. The summed E-state index contributed by atoms with van der Waals surface area (Å²) in [5.74, 6) is 1.13. The second-order valence-corrected chi connectivity index (χ2v) is 5.19. The Kier molecular flexibility index (Phi) is 4.03. The summed E-state index contributed by atoms with van der Waals surface area (Å²) in [7, 11) is 0. The molecule has 6 heteroatoms. The number of ether oxygens (including phenoxy) is 1. The second kappa shape index (κ2) is 6.29. The van der Waals surface area contributed by atoms with Crippen LogP contribution in [0, 0.1) is 16.2 Å². The maximum absolute atomic E-state index is 7.61. The quantitative estimate of drug-likeness (QED) is 0.506.